The van der Waals surface area contributed by atoms with Gasteiger partial charge in [-0.2, -0.15) is 0 Å². The largest absolute Gasteiger partial charge is 0.480 e. The highest BCUT2D eigenvalue weighted by Crippen LogP contribution is 2.00. The Morgan fingerprint density at radius 1 is 1.53 bits per heavy atom. The summed E-state index contributed by atoms with van der Waals surface area (Å²) >= 11 is 0. The van der Waals surface area contributed by atoms with Gasteiger partial charge in [0.1, 0.15) is 6.54 Å². The van der Waals surface area contributed by atoms with Crippen LogP contribution in [0.4, 0.5) is 0 Å². The summed E-state index contributed by atoms with van der Waals surface area (Å²) in [4.78, 5) is 22.6. The predicted molar refractivity (Wildman–Crippen MR) is 55.0 cm³/mol. The van der Waals surface area contributed by atoms with E-state index in [1.54, 1.807) is 0 Å². The second kappa shape index (κ2) is 5.29. The second-order valence-electron chi connectivity index (χ2n) is 3.16. The van der Waals surface area contributed by atoms with Gasteiger partial charge in [-0.1, -0.05) is 6.92 Å². The number of aromatic nitrogens is 2. The first-order chi connectivity index (χ1) is 7.17. The molecule has 0 fully saturated rings. The summed E-state index contributed by atoms with van der Waals surface area (Å²) in [7, 11) is 1.46. The quantitative estimate of drug-likeness (QED) is 0.714. The standard InChI is InChI=1S/C10H14N2O3/c1-3-4-8(13)7-12-10(14)6-5-9(11-12)15-2/h5-6H,3-4,7H2,1-2H3. The number of rotatable bonds is 5. The van der Waals surface area contributed by atoms with Crippen LogP contribution in [-0.4, -0.2) is 22.7 Å². The van der Waals surface area contributed by atoms with Crippen LogP contribution in [0.15, 0.2) is 16.9 Å². The lowest BCUT2D eigenvalue weighted by atomic mass is 10.2. The lowest BCUT2D eigenvalue weighted by Gasteiger charge is -2.04. The molecule has 15 heavy (non-hydrogen) atoms. The van der Waals surface area contributed by atoms with Gasteiger partial charge in [-0.15, -0.1) is 5.10 Å². The van der Waals surface area contributed by atoms with Crippen LogP contribution in [0.1, 0.15) is 19.8 Å². The van der Waals surface area contributed by atoms with Crippen LogP contribution in [0.5, 0.6) is 5.88 Å². The summed E-state index contributed by atoms with van der Waals surface area (Å²) in [6, 6.07) is 2.81. The van der Waals surface area contributed by atoms with E-state index in [4.69, 9.17) is 4.74 Å². The molecular weight excluding hydrogens is 196 g/mol. The number of Topliss-reactive ketones (excluding diaryl/α,β-unsaturated/α-hetero) is 1. The van der Waals surface area contributed by atoms with Crippen molar-refractivity contribution in [2.75, 3.05) is 7.11 Å². The summed E-state index contributed by atoms with van der Waals surface area (Å²) < 4.78 is 5.99. The first-order valence-electron chi connectivity index (χ1n) is 4.81. The molecule has 1 rings (SSSR count). The Hall–Kier alpha value is -1.65. The second-order valence-corrected chi connectivity index (χ2v) is 3.16. The number of carbonyl (C=O) groups excluding carboxylic acids is 1. The molecule has 0 bridgehead atoms. The number of methoxy groups -OCH3 is 1. The molecule has 1 aromatic heterocycles. The van der Waals surface area contributed by atoms with Crippen molar-refractivity contribution in [2.24, 2.45) is 0 Å². The van der Waals surface area contributed by atoms with Gasteiger partial charge in [-0.25, -0.2) is 4.68 Å². The highest BCUT2D eigenvalue weighted by molar-refractivity contribution is 5.77. The average molecular weight is 210 g/mol. The molecule has 0 radical (unpaired) electrons. The van der Waals surface area contributed by atoms with E-state index in [0.717, 1.165) is 11.1 Å². The van der Waals surface area contributed by atoms with Crippen molar-refractivity contribution < 1.29 is 9.53 Å². The van der Waals surface area contributed by atoms with E-state index >= 15 is 0 Å². The van der Waals surface area contributed by atoms with E-state index < -0.39 is 0 Å². The van der Waals surface area contributed by atoms with Crippen molar-refractivity contribution in [3.63, 3.8) is 0 Å². The third-order valence-corrected chi connectivity index (χ3v) is 1.91. The van der Waals surface area contributed by atoms with Crippen molar-refractivity contribution in [2.45, 2.75) is 26.3 Å². The minimum atomic E-state index is -0.291. The van der Waals surface area contributed by atoms with Crippen molar-refractivity contribution in [3.8, 4) is 5.88 Å². The predicted octanol–water partition coefficient (Wildman–Crippen LogP) is 0.621. The van der Waals surface area contributed by atoms with Gasteiger partial charge in [0.25, 0.3) is 5.56 Å². The van der Waals surface area contributed by atoms with E-state index in [-0.39, 0.29) is 17.9 Å². The summed E-state index contributed by atoms with van der Waals surface area (Å²) in [5.74, 6) is 0.333. The normalized spacial score (nSPS) is 10.0. The van der Waals surface area contributed by atoms with Gasteiger partial charge in [0.05, 0.1) is 7.11 Å². The van der Waals surface area contributed by atoms with Crippen LogP contribution in [0.2, 0.25) is 0 Å². The fourth-order valence-electron chi connectivity index (χ4n) is 1.18. The lowest BCUT2D eigenvalue weighted by molar-refractivity contribution is -0.119. The van der Waals surface area contributed by atoms with Crippen molar-refractivity contribution in [3.05, 3.63) is 22.5 Å². The van der Waals surface area contributed by atoms with Crippen LogP contribution < -0.4 is 10.3 Å². The Morgan fingerprint density at radius 3 is 2.87 bits per heavy atom. The number of ketones is 1. The van der Waals surface area contributed by atoms with E-state index in [1.165, 1.54) is 19.2 Å². The molecule has 1 heterocycles. The summed E-state index contributed by atoms with van der Waals surface area (Å²) in [5.41, 5.74) is -0.291. The molecule has 82 valence electrons. The first-order valence-corrected chi connectivity index (χ1v) is 4.81. The maximum absolute atomic E-state index is 11.3. The first kappa shape index (κ1) is 11.4. The maximum atomic E-state index is 11.3. The van der Waals surface area contributed by atoms with Crippen LogP contribution in [0, 0.1) is 0 Å². The highest BCUT2D eigenvalue weighted by Gasteiger charge is 2.05. The molecule has 0 amide bonds. The molecule has 0 unspecified atom stereocenters. The molecule has 0 aliphatic rings. The van der Waals surface area contributed by atoms with E-state index in [9.17, 15) is 9.59 Å². The van der Waals surface area contributed by atoms with Crippen molar-refractivity contribution in [1.29, 1.82) is 0 Å². The zero-order chi connectivity index (χ0) is 11.3. The summed E-state index contributed by atoms with van der Waals surface area (Å²) in [5, 5.41) is 3.87. The van der Waals surface area contributed by atoms with Crippen LogP contribution >= 0.6 is 0 Å². The zero-order valence-corrected chi connectivity index (χ0v) is 8.90. The van der Waals surface area contributed by atoms with E-state index in [1.807, 2.05) is 6.92 Å². The van der Waals surface area contributed by atoms with E-state index in [0.29, 0.717) is 12.3 Å². The highest BCUT2D eigenvalue weighted by atomic mass is 16.5. The fourth-order valence-corrected chi connectivity index (χ4v) is 1.18. The molecule has 0 atom stereocenters. The average Bonchev–Trinajstić information content (AvgIpc) is 2.21. The van der Waals surface area contributed by atoms with Gasteiger partial charge in [0.15, 0.2) is 5.78 Å². The van der Waals surface area contributed by atoms with Gasteiger partial charge >= 0.3 is 0 Å². The van der Waals surface area contributed by atoms with Crippen molar-refractivity contribution >= 4 is 5.78 Å². The smallest absolute Gasteiger partial charge is 0.267 e. The Morgan fingerprint density at radius 2 is 2.27 bits per heavy atom. The molecule has 0 aromatic carbocycles. The molecule has 0 aliphatic carbocycles. The van der Waals surface area contributed by atoms with Gasteiger partial charge in [0, 0.05) is 18.6 Å². The topological polar surface area (TPSA) is 61.2 Å². The van der Waals surface area contributed by atoms with Gasteiger partial charge in [0.2, 0.25) is 5.88 Å². The molecule has 1 aromatic rings. The van der Waals surface area contributed by atoms with Gasteiger partial charge < -0.3 is 4.74 Å². The Balaban J connectivity index is 2.84. The number of nitrogens with zero attached hydrogens (tertiary/aromatic N) is 2. The third-order valence-electron chi connectivity index (χ3n) is 1.91. The fraction of sp³-hybridized carbons (Fsp3) is 0.500. The molecule has 0 N–H and O–H groups in total. The van der Waals surface area contributed by atoms with E-state index in [2.05, 4.69) is 5.10 Å². The number of ether oxygens (including phenoxy) is 1. The zero-order valence-electron chi connectivity index (χ0n) is 8.90. The number of hydrogen-bond acceptors (Lipinski definition) is 4. The van der Waals surface area contributed by atoms with Crippen LogP contribution in [0.25, 0.3) is 0 Å². The van der Waals surface area contributed by atoms with Crippen molar-refractivity contribution in [1.82, 2.24) is 9.78 Å². The maximum Gasteiger partial charge on any atom is 0.267 e. The Labute approximate surface area is 87.7 Å². The SMILES string of the molecule is CCCC(=O)Cn1nc(OC)ccc1=O. The third kappa shape index (κ3) is 3.19. The minimum Gasteiger partial charge on any atom is -0.480 e. The van der Waals surface area contributed by atoms with Crippen LogP contribution in [0.3, 0.4) is 0 Å². The Kier molecular flexibility index (Phi) is 4.03. The molecule has 0 aliphatic heterocycles. The minimum absolute atomic E-state index is 0.000327. The molecular formula is C10H14N2O3. The molecule has 5 nitrogen and oxygen atoms in total. The van der Waals surface area contributed by atoms with Gasteiger partial charge in [-0.3, -0.25) is 9.59 Å². The summed E-state index contributed by atoms with van der Waals surface area (Å²) in [6.45, 7) is 1.93. The molecule has 0 saturated heterocycles. The lowest BCUT2D eigenvalue weighted by Crippen LogP contribution is -2.25. The number of carbonyl (C=O) groups is 1. The monoisotopic (exact) mass is 210 g/mol. The van der Waals surface area contributed by atoms with Crippen LogP contribution in [-0.2, 0) is 11.3 Å². The molecule has 0 saturated carbocycles. The molecule has 0 spiro atoms. The Bertz CT molecular complexity index is 398. The van der Waals surface area contributed by atoms with Gasteiger partial charge in [-0.05, 0) is 6.42 Å². The molecule has 5 heteroatoms. The summed E-state index contributed by atoms with van der Waals surface area (Å²) in [6.07, 6.45) is 1.24. The number of hydrogen-bond donors (Lipinski definition) is 0.